The van der Waals surface area contributed by atoms with Gasteiger partial charge in [-0.15, -0.1) is 12.4 Å². The van der Waals surface area contributed by atoms with Crippen LogP contribution in [-0.4, -0.2) is 18.5 Å². The maximum atomic E-state index is 12.2. The molecule has 0 aliphatic carbocycles. The molecule has 0 bridgehead atoms. The first-order valence-corrected chi connectivity index (χ1v) is 6.74. The maximum Gasteiger partial charge on any atom is 0.227 e. The molecular weight excluding hydrogens is 260 g/mol. The van der Waals surface area contributed by atoms with Crippen LogP contribution in [0.25, 0.3) is 0 Å². The standard InChI is InChI=1S/C15H22N2O.ClH/c1-11-9-10-17(15(18)8-7-12(2)16)14-6-4-3-5-13(11)14;/h3-6,11-12H,7-10,16H2,1-2H3;1H. The summed E-state index contributed by atoms with van der Waals surface area (Å²) in [5.41, 5.74) is 8.09. The van der Waals surface area contributed by atoms with Crippen LogP contribution in [-0.2, 0) is 4.79 Å². The number of benzene rings is 1. The van der Waals surface area contributed by atoms with Gasteiger partial charge in [-0.05, 0) is 37.3 Å². The zero-order valence-corrected chi connectivity index (χ0v) is 12.5. The number of carbonyl (C=O) groups excluding carboxylic acids is 1. The molecule has 1 aliphatic heterocycles. The molecule has 2 rings (SSSR count). The fourth-order valence-corrected chi connectivity index (χ4v) is 2.49. The Labute approximate surface area is 121 Å². The molecule has 0 fully saturated rings. The second-order valence-electron chi connectivity index (χ2n) is 5.31. The highest BCUT2D eigenvalue weighted by atomic mass is 35.5. The molecule has 2 unspecified atom stereocenters. The summed E-state index contributed by atoms with van der Waals surface area (Å²) < 4.78 is 0. The Balaban J connectivity index is 0.00000180. The van der Waals surface area contributed by atoms with Gasteiger partial charge in [-0.25, -0.2) is 0 Å². The van der Waals surface area contributed by atoms with E-state index in [2.05, 4.69) is 19.1 Å². The molecule has 0 spiro atoms. The minimum absolute atomic E-state index is 0. The Morgan fingerprint density at radius 3 is 2.84 bits per heavy atom. The number of halogens is 1. The van der Waals surface area contributed by atoms with Crippen molar-refractivity contribution in [3.05, 3.63) is 29.8 Å². The lowest BCUT2D eigenvalue weighted by atomic mass is 9.91. The van der Waals surface area contributed by atoms with Crippen LogP contribution in [0.2, 0.25) is 0 Å². The maximum absolute atomic E-state index is 12.2. The number of hydrogen-bond acceptors (Lipinski definition) is 2. The summed E-state index contributed by atoms with van der Waals surface area (Å²) in [7, 11) is 0. The summed E-state index contributed by atoms with van der Waals surface area (Å²) >= 11 is 0. The Bertz CT molecular complexity index is 434. The Hall–Kier alpha value is -1.06. The third-order valence-corrected chi connectivity index (χ3v) is 3.66. The average molecular weight is 283 g/mol. The van der Waals surface area contributed by atoms with Crippen molar-refractivity contribution >= 4 is 24.0 Å². The lowest BCUT2D eigenvalue weighted by Gasteiger charge is -2.33. The van der Waals surface area contributed by atoms with Gasteiger partial charge in [-0.1, -0.05) is 25.1 Å². The lowest BCUT2D eigenvalue weighted by Crippen LogP contribution is -2.36. The summed E-state index contributed by atoms with van der Waals surface area (Å²) in [5, 5.41) is 0. The van der Waals surface area contributed by atoms with Crippen molar-refractivity contribution < 1.29 is 4.79 Å². The van der Waals surface area contributed by atoms with Gasteiger partial charge >= 0.3 is 0 Å². The molecule has 0 radical (unpaired) electrons. The first kappa shape index (κ1) is 16.0. The van der Waals surface area contributed by atoms with E-state index >= 15 is 0 Å². The predicted octanol–water partition coefficient (Wildman–Crippen LogP) is 3.08. The number of amides is 1. The molecule has 4 heteroatoms. The van der Waals surface area contributed by atoms with Crippen molar-refractivity contribution in [1.82, 2.24) is 0 Å². The molecule has 1 aromatic rings. The van der Waals surface area contributed by atoms with Crippen LogP contribution in [0.5, 0.6) is 0 Å². The third kappa shape index (κ3) is 3.71. The minimum atomic E-state index is 0. The third-order valence-electron chi connectivity index (χ3n) is 3.66. The molecular formula is C15H23ClN2O. The monoisotopic (exact) mass is 282 g/mol. The predicted molar refractivity (Wildman–Crippen MR) is 82.0 cm³/mol. The molecule has 2 N–H and O–H groups in total. The van der Waals surface area contributed by atoms with Crippen LogP contribution in [0.3, 0.4) is 0 Å². The number of anilines is 1. The molecule has 0 saturated carbocycles. The van der Waals surface area contributed by atoms with Crippen LogP contribution >= 0.6 is 12.4 Å². The van der Waals surface area contributed by atoms with E-state index in [1.54, 1.807) is 0 Å². The zero-order valence-electron chi connectivity index (χ0n) is 11.6. The van der Waals surface area contributed by atoms with Crippen molar-refractivity contribution in [3.63, 3.8) is 0 Å². The zero-order chi connectivity index (χ0) is 13.1. The Morgan fingerprint density at radius 1 is 1.47 bits per heavy atom. The van der Waals surface area contributed by atoms with E-state index in [-0.39, 0.29) is 24.4 Å². The summed E-state index contributed by atoms with van der Waals surface area (Å²) in [6, 6.07) is 8.32. The van der Waals surface area contributed by atoms with Crippen LogP contribution in [0.4, 0.5) is 5.69 Å². The van der Waals surface area contributed by atoms with Crippen LogP contribution in [0.1, 0.15) is 44.6 Å². The summed E-state index contributed by atoms with van der Waals surface area (Å²) in [6.07, 6.45) is 2.34. The molecule has 0 aromatic heterocycles. The molecule has 19 heavy (non-hydrogen) atoms. The molecule has 1 aliphatic rings. The summed E-state index contributed by atoms with van der Waals surface area (Å²) in [5.74, 6) is 0.741. The quantitative estimate of drug-likeness (QED) is 0.926. The fraction of sp³-hybridized carbons (Fsp3) is 0.533. The van der Waals surface area contributed by atoms with E-state index in [9.17, 15) is 4.79 Å². The van der Waals surface area contributed by atoms with Crippen molar-refractivity contribution in [3.8, 4) is 0 Å². The summed E-state index contributed by atoms with van der Waals surface area (Å²) in [4.78, 5) is 14.2. The second kappa shape index (κ2) is 6.92. The molecule has 3 nitrogen and oxygen atoms in total. The van der Waals surface area contributed by atoms with Crippen molar-refractivity contribution in [2.45, 2.75) is 45.1 Å². The van der Waals surface area contributed by atoms with E-state index in [0.29, 0.717) is 12.3 Å². The van der Waals surface area contributed by atoms with Gasteiger partial charge in [0.15, 0.2) is 0 Å². The van der Waals surface area contributed by atoms with Crippen molar-refractivity contribution in [2.24, 2.45) is 5.73 Å². The van der Waals surface area contributed by atoms with Gasteiger partial charge in [-0.3, -0.25) is 4.79 Å². The average Bonchev–Trinajstić information content (AvgIpc) is 2.37. The number of fused-ring (bicyclic) bond motifs is 1. The number of nitrogens with zero attached hydrogens (tertiary/aromatic N) is 1. The van der Waals surface area contributed by atoms with Gasteiger partial charge in [0.25, 0.3) is 0 Å². The number of para-hydroxylation sites is 1. The van der Waals surface area contributed by atoms with E-state index in [1.165, 1.54) is 5.56 Å². The highest BCUT2D eigenvalue weighted by molar-refractivity contribution is 5.94. The number of carbonyl (C=O) groups is 1. The fourth-order valence-electron chi connectivity index (χ4n) is 2.49. The largest absolute Gasteiger partial charge is 0.328 e. The summed E-state index contributed by atoms with van der Waals surface area (Å²) in [6.45, 7) is 5.00. The van der Waals surface area contributed by atoms with Crippen molar-refractivity contribution in [1.29, 1.82) is 0 Å². The smallest absolute Gasteiger partial charge is 0.227 e. The molecule has 0 saturated heterocycles. The van der Waals surface area contributed by atoms with Gasteiger partial charge in [0.2, 0.25) is 5.91 Å². The van der Waals surface area contributed by atoms with E-state index in [0.717, 1.165) is 25.1 Å². The lowest BCUT2D eigenvalue weighted by molar-refractivity contribution is -0.118. The van der Waals surface area contributed by atoms with Gasteiger partial charge in [0.05, 0.1) is 0 Å². The van der Waals surface area contributed by atoms with Crippen LogP contribution in [0, 0.1) is 0 Å². The van der Waals surface area contributed by atoms with Gasteiger partial charge in [0, 0.05) is 24.7 Å². The molecule has 2 atom stereocenters. The second-order valence-corrected chi connectivity index (χ2v) is 5.31. The molecule has 1 amide bonds. The Kier molecular flexibility index (Phi) is 5.83. The van der Waals surface area contributed by atoms with Gasteiger partial charge in [0.1, 0.15) is 0 Å². The highest BCUT2D eigenvalue weighted by Gasteiger charge is 2.25. The first-order valence-electron chi connectivity index (χ1n) is 6.74. The normalized spacial score (nSPS) is 19.3. The molecule has 106 valence electrons. The van der Waals surface area contributed by atoms with Gasteiger partial charge in [-0.2, -0.15) is 0 Å². The van der Waals surface area contributed by atoms with Crippen LogP contribution < -0.4 is 10.6 Å². The minimum Gasteiger partial charge on any atom is -0.328 e. The van der Waals surface area contributed by atoms with E-state index < -0.39 is 0 Å². The number of hydrogen-bond donors (Lipinski definition) is 1. The van der Waals surface area contributed by atoms with E-state index in [4.69, 9.17) is 5.73 Å². The molecule has 1 heterocycles. The van der Waals surface area contributed by atoms with Crippen LogP contribution in [0.15, 0.2) is 24.3 Å². The Morgan fingerprint density at radius 2 is 2.16 bits per heavy atom. The number of nitrogens with two attached hydrogens (primary N) is 1. The van der Waals surface area contributed by atoms with E-state index in [1.807, 2.05) is 24.0 Å². The topological polar surface area (TPSA) is 46.3 Å². The molecule has 1 aromatic carbocycles. The van der Waals surface area contributed by atoms with Gasteiger partial charge < -0.3 is 10.6 Å². The van der Waals surface area contributed by atoms with Crippen molar-refractivity contribution in [2.75, 3.05) is 11.4 Å². The SMILES string of the molecule is CC(N)CCC(=O)N1CCC(C)c2ccccc21.Cl. The highest BCUT2D eigenvalue weighted by Crippen LogP contribution is 2.34. The first-order chi connectivity index (χ1) is 8.59. The number of rotatable bonds is 3.